The molecule has 0 saturated heterocycles. The van der Waals surface area contributed by atoms with Crippen molar-refractivity contribution in [1.82, 2.24) is 0 Å². The Hall–Kier alpha value is -0.860. The Morgan fingerprint density at radius 3 is 2.56 bits per heavy atom. The van der Waals surface area contributed by atoms with Gasteiger partial charge in [-0.1, -0.05) is 37.6 Å². The van der Waals surface area contributed by atoms with Gasteiger partial charge < -0.3 is 5.73 Å². The van der Waals surface area contributed by atoms with Gasteiger partial charge in [-0.05, 0) is 30.5 Å². The number of nitrogens with two attached hydrogens (primary N) is 1. The zero-order chi connectivity index (χ0) is 12.3. The number of rotatable bonds is 4. The first-order chi connectivity index (χ1) is 7.41. The lowest BCUT2D eigenvalue weighted by Gasteiger charge is -2.13. The summed E-state index contributed by atoms with van der Waals surface area (Å²) in [4.78, 5) is 11.6. The lowest BCUT2D eigenvalue weighted by Crippen LogP contribution is -2.35. The van der Waals surface area contributed by atoms with Crippen molar-refractivity contribution in [2.24, 2.45) is 11.7 Å². The first-order valence-corrected chi connectivity index (χ1v) is 5.84. The predicted octanol–water partition coefficient (Wildman–Crippen LogP) is 2.74. The van der Waals surface area contributed by atoms with Crippen LogP contribution in [-0.4, -0.2) is 11.8 Å². The summed E-state index contributed by atoms with van der Waals surface area (Å²) in [5.41, 5.74) is 7.89. The van der Waals surface area contributed by atoms with Crippen molar-refractivity contribution in [3.63, 3.8) is 0 Å². The molecule has 2 nitrogen and oxygen atoms in total. The smallest absolute Gasteiger partial charge is 0.152 e. The van der Waals surface area contributed by atoms with E-state index in [-0.39, 0.29) is 11.7 Å². The summed E-state index contributed by atoms with van der Waals surface area (Å²) in [5.74, 6) is 0.0765. The van der Waals surface area contributed by atoms with Crippen molar-refractivity contribution in [1.29, 1.82) is 0 Å². The summed E-state index contributed by atoms with van der Waals surface area (Å²) in [5, 5.41) is 0.724. The summed E-state index contributed by atoms with van der Waals surface area (Å²) < 4.78 is 0. The number of aryl methyl sites for hydroxylation is 1. The van der Waals surface area contributed by atoms with Gasteiger partial charge in [0.15, 0.2) is 5.78 Å². The monoisotopic (exact) mass is 239 g/mol. The van der Waals surface area contributed by atoms with E-state index in [1.165, 1.54) is 0 Å². The summed E-state index contributed by atoms with van der Waals surface area (Å²) >= 11 is 6.01. The van der Waals surface area contributed by atoms with E-state index in [0.29, 0.717) is 6.42 Å². The maximum absolute atomic E-state index is 11.6. The Bertz CT molecular complexity index is 388. The van der Waals surface area contributed by atoms with Gasteiger partial charge in [0.2, 0.25) is 0 Å². The lowest BCUT2D eigenvalue weighted by atomic mass is 9.96. The zero-order valence-electron chi connectivity index (χ0n) is 9.96. The summed E-state index contributed by atoms with van der Waals surface area (Å²) in [7, 11) is 0. The van der Waals surface area contributed by atoms with E-state index in [1.807, 2.05) is 39.0 Å². The number of halogens is 1. The molecule has 0 radical (unpaired) electrons. The normalized spacial score (nSPS) is 12.9. The quantitative estimate of drug-likeness (QED) is 0.878. The minimum atomic E-state index is -0.432. The molecule has 1 rings (SSSR count). The highest BCUT2D eigenvalue weighted by Crippen LogP contribution is 2.18. The van der Waals surface area contributed by atoms with Gasteiger partial charge >= 0.3 is 0 Å². The molecule has 1 atom stereocenters. The fourth-order valence-electron chi connectivity index (χ4n) is 1.55. The third-order valence-electron chi connectivity index (χ3n) is 2.63. The largest absolute Gasteiger partial charge is 0.321 e. The van der Waals surface area contributed by atoms with Gasteiger partial charge in [0.25, 0.3) is 0 Å². The van der Waals surface area contributed by atoms with Crippen LogP contribution in [0.1, 0.15) is 25.0 Å². The van der Waals surface area contributed by atoms with Crippen molar-refractivity contribution in [3.05, 3.63) is 34.3 Å². The summed E-state index contributed by atoms with van der Waals surface area (Å²) in [6.45, 7) is 5.68. The highest BCUT2D eigenvalue weighted by molar-refractivity contribution is 6.31. The molecule has 1 aromatic carbocycles. The Kier molecular flexibility index (Phi) is 4.51. The molecule has 16 heavy (non-hydrogen) atoms. The molecule has 0 unspecified atom stereocenters. The number of hydrogen-bond donors (Lipinski definition) is 1. The number of carbonyl (C=O) groups excluding carboxylic acids is 1. The molecule has 0 amide bonds. The number of hydrogen-bond acceptors (Lipinski definition) is 2. The van der Waals surface area contributed by atoms with Crippen LogP contribution in [0.15, 0.2) is 18.2 Å². The van der Waals surface area contributed by atoms with Gasteiger partial charge in [-0.15, -0.1) is 0 Å². The molecular formula is C13H18ClNO. The fourth-order valence-corrected chi connectivity index (χ4v) is 1.75. The van der Waals surface area contributed by atoms with Gasteiger partial charge in [-0.2, -0.15) is 0 Å². The molecule has 0 aliphatic heterocycles. The molecule has 88 valence electrons. The Labute approximate surface area is 102 Å². The van der Waals surface area contributed by atoms with Crippen LogP contribution in [0.3, 0.4) is 0 Å². The first kappa shape index (κ1) is 13.2. The molecule has 3 heteroatoms. The Balaban J connectivity index is 2.73. The third-order valence-corrected chi connectivity index (χ3v) is 3.03. The molecule has 2 N–H and O–H groups in total. The van der Waals surface area contributed by atoms with Crippen molar-refractivity contribution >= 4 is 17.4 Å². The number of ketones is 1. The van der Waals surface area contributed by atoms with Crippen LogP contribution in [0, 0.1) is 12.8 Å². The van der Waals surface area contributed by atoms with Gasteiger partial charge in [0.1, 0.15) is 0 Å². The van der Waals surface area contributed by atoms with Crippen molar-refractivity contribution in [3.8, 4) is 0 Å². The molecule has 0 heterocycles. The topological polar surface area (TPSA) is 43.1 Å². The SMILES string of the molecule is Cc1ccc(C[C@@H](N)C(=O)C(C)C)cc1Cl. The molecule has 0 aliphatic rings. The highest BCUT2D eigenvalue weighted by atomic mass is 35.5. The standard InChI is InChI=1S/C13H18ClNO/c1-8(2)13(16)12(15)7-10-5-4-9(3)11(14)6-10/h4-6,8,12H,7,15H2,1-3H3/t12-/m1/s1. The molecule has 0 saturated carbocycles. The van der Waals surface area contributed by atoms with E-state index in [2.05, 4.69) is 0 Å². The maximum atomic E-state index is 11.6. The van der Waals surface area contributed by atoms with E-state index in [9.17, 15) is 4.79 Å². The van der Waals surface area contributed by atoms with Gasteiger partial charge in [0, 0.05) is 10.9 Å². The molecule has 0 bridgehead atoms. The predicted molar refractivity (Wildman–Crippen MR) is 67.7 cm³/mol. The Morgan fingerprint density at radius 1 is 1.44 bits per heavy atom. The first-order valence-electron chi connectivity index (χ1n) is 5.46. The van der Waals surface area contributed by atoms with Crippen LogP contribution in [-0.2, 0) is 11.2 Å². The lowest BCUT2D eigenvalue weighted by molar-refractivity contribution is -0.123. The van der Waals surface area contributed by atoms with Crippen LogP contribution >= 0.6 is 11.6 Å². The molecule has 0 spiro atoms. The van der Waals surface area contributed by atoms with E-state index >= 15 is 0 Å². The van der Waals surface area contributed by atoms with Gasteiger partial charge in [-0.25, -0.2) is 0 Å². The molecule has 1 aromatic rings. The van der Waals surface area contributed by atoms with E-state index < -0.39 is 6.04 Å². The van der Waals surface area contributed by atoms with Crippen LogP contribution in [0.25, 0.3) is 0 Å². The zero-order valence-corrected chi connectivity index (χ0v) is 10.7. The van der Waals surface area contributed by atoms with Crippen molar-refractivity contribution < 1.29 is 4.79 Å². The second-order valence-corrected chi connectivity index (χ2v) is 4.86. The van der Waals surface area contributed by atoms with Crippen LogP contribution < -0.4 is 5.73 Å². The van der Waals surface area contributed by atoms with Crippen molar-refractivity contribution in [2.45, 2.75) is 33.2 Å². The van der Waals surface area contributed by atoms with Crippen LogP contribution in [0.4, 0.5) is 0 Å². The molecule has 0 fully saturated rings. The molecule has 0 aliphatic carbocycles. The Morgan fingerprint density at radius 2 is 2.06 bits per heavy atom. The molecule has 0 aromatic heterocycles. The van der Waals surface area contributed by atoms with Crippen molar-refractivity contribution in [2.75, 3.05) is 0 Å². The molecular weight excluding hydrogens is 222 g/mol. The minimum Gasteiger partial charge on any atom is -0.321 e. The second-order valence-electron chi connectivity index (χ2n) is 4.45. The highest BCUT2D eigenvalue weighted by Gasteiger charge is 2.17. The minimum absolute atomic E-state index is 0.0177. The van der Waals surface area contributed by atoms with Gasteiger partial charge in [-0.3, -0.25) is 4.79 Å². The van der Waals surface area contributed by atoms with Crippen LogP contribution in [0.5, 0.6) is 0 Å². The number of carbonyl (C=O) groups is 1. The van der Waals surface area contributed by atoms with Crippen LogP contribution in [0.2, 0.25) is 5.02 Å². The average Bonchev–Trinajstić information content (AvgIpc) is 2.22. The third kappa shape index (κ3) is 3.32. The summed E-state index contributed by atoms with van der Waals surface area (Å²) in [6, 6.07) is 5.36. The van der Waals surface area contributed by atoms with E-state index in [4.69, 9.17) is 17.3 Å². The number of Topliss-reactive ketones (excluding diaryl/α,β-unsaturated/α-hetero) is 1. The van der Waals surface area contributed by atoms with Gasteiger partial charge in [0.05, 0.1) is 6.04 Å². The van der Waals surface area contributed by atoms with E-state index in [0.717, 1.165) is 16.1 Å². The second kappa shape index (κ2) is 5.46. The fraction of sp³-hybridized carbons (Fsp3) is 0.462. The van der Waals surface area contributed by atoms with E-state index in [1.54, 1.807) is 0 Å². The number of benzene rings is 1. The maximum Gasteiger partial charge on any atom is 0.152 e. The summed E-state index contributed by atoms with van der Waals surface area (Å²) in [6.07, 6.45) is 0.553. The average molecular weight is 240 g/mol.